The van der Waals surface area contributed by atoms with E-state index in [4.69, 9.17) is 9.47 Å². The zero-order valence-corrected chi connectivity index (χ0v) is 14.6. The Morgan fingerprint density at radius 1 is 1.17 bits per heavy atom. The van der Waals surface area contributed by atoms with Crippen LogP contribution in [-0.2, 0) is 14.3 Å². The minimum atomic E-state index is -0.0700. The van der Waals surface area contributed by atoms with Crippen molar-refractivity contribution in [1.29, 1.82) is 0 Å². The van der Waals surface area contributed by atoms with Crippen LogP contribution in [0.2, 0.25) is 0 Å². The standard InChI is InChI=1S/C15H31N5O3/c1-16-15(18-12-14(21)17-6-10-22-2)19-13-4-7-20(8-5-13)9-11-23-3/h13H,4-12H2,1-3H3,(H,17,21)(H2,16,18,19). The molecule has 1 fully saturated rings. The highest BCUT2D eigenvalue weighted by atomic mass is 16.5. The van der Waals surface area contributed by atoms with E-state index in [1.807, 2.05) is 0 Å². The van der Waals surface area contributed by atoms with Crippen molar-refractivity contribution in [2.45, 2.75) is 18.9 Å². The highest BCUT2D eigenvalue weighted by Gasteiger charge is 2.19. The molecule has 3 N–H and O–H groups in total. The van der Waals surface area contributed by atoms with Crippen LogP contribution in [0.1, 0.15) is 12.8 Å². The van der Waals surface area contributed by atoms with Gasteiger partial charge in [0.05, 0.1) is 19.8 Å². The van der Waals surface area contributed by atoms with Crippen LogP contribution in [0.25, 0.3) is 0 Å². The molecule has 1 heterocycles. The lowest BCUT2D eigenvalue weighted by molar-refractivity contribution is -0.120. The van der Waals surface area contributed by atoms with E-state index in [1.165, 1.54) is 0 Å². The molecule has 1 saturated heterocycles. The van der Waals surface area contributed by atoms with Gasteiger partial charge in [0.15, 0.2) is 5.96 Å². The predicted octanol–water partition coefficient (Wildman–Crippen LogP) is -0.975. The number of hydrogen-bond acceptors (Lipinski definition) is 5. The molecule has 134 valence electrons. The molecule has 0 aliphatic carbocycles. The number of nitrogens with zero attached hydrogens (tertiary/aromatic N) is 2. The normalized spacial score (nSPS) is 17.1. The highest BCUT2D eigenvalue weighted by Crippen LogP contribution is 2.09. The maximum absolute atomic E-state index is 11.6. The number of amides is 1. The summed E-state index contributed by atoms with van der Waals surface area (Å²) in [4.78, 5) is 18.2. The van der Waals surface area contributed by atoms with E-state index < -0.39 is 0 Å². The minimum absolute atomic E-state index is 0.0700. The van der Waals surface area contributed by atoms with E-state index in [9.17, 15) is 4.79 Å². The summed E-state index contributed by atoms with van der Waals surface area (Å²) in [6.07, 6.45) is 2.12. The fourth-order valence-corrected chi connectivity index (χ4v) is 2.43. The first-order valence-electron chi connectivity index (χ1n) is 8.13. The van der Waals surface area contributed by atoms with Crippen LogP contribution in [0.3, 0.4) is 0 Å². The van der Waals surface area contributed by atoms with E-state index in [-0.39, 0.29) is 12.5 Å². The van der Waals surface area contributed by atoms with Crippen molar-refractivity contribution in [3.05, 3.63) is 0 Å². The fraction of sp³-hybridized carbons (Fsp3) is 0.867. The van der Waals surface area contributed by atoms with Gasteiger partial charge in [-0.25, -0.2) is 0 Å². The number of carbonyl (C=O) groups excluding carboxylic acids is 1. The largest absolute Gasteiger partial charge is 0.383 e. The molecule has 1 aliphatic heterocycles. The average molecular weight is 329 g/mol. The predicted molar refractivity (Wildman–Crippen MR) is 90.7 cm³/mol. The molecule has 0 aromatic heterocycles. The van der Waals surface area contributed by atoms with Gasteiger partial charge in [-0.3, -0.25) is 9.79 Å². The molecule has 0 aromatic carbocycles. The first kappa shape index (κ1) is 19.7. The molecular weight excluding hydrogens is 298 g/mol. The first-order chi connectivity index (χ1) is 11.2. The number of guanidine groups is 1. The first-order valence-corrected chi connectivity index (χ1v) is 8.13. The fourth-order valence-electron chi connectivity index (χ4n) is 2.43. The third kappa shape index (κ3) is 8.73. The van der Waals surface area contributed by atoms with Gasteiger partial charge in [-0.15, -0.1) is 0 Å². The Morgan fingerprint density at radius 2 is 1.87 bits per heavy atom. The zero-order valence-electron chi connectivity index (χ0n) is 14.6. The van der Waals surface area contributed by atoms with E-state index in [2.05, 4.69) is 25.8 Å². The van der Waals surface area contributed by atoms with E-state index in [0.29, 0.717) is 25.2 Å². The summed E-state index contributed by atoms with van der Waals surface area (Å²) >= 11 is 0. The van der Waals surface area contributed by atoms with Crippen LogP contribution in [0.5, 0.6) is 0 Å². The molecule has 1 rings (SSSR count). The molecule has 1 amide bonds. The van der Waals surface area contributed by atoms with Gasteiger partial charge >= 0.3 is 0 Å². The molecule has 0 atom stereocenters. The molecule has 23 heavy (non-hydrogen) atoms. The van der Waals surface area contributed by atoms with Gasteiger partial charge < -0.3 is 30.3 Å². The number of ether oxygens (including phenoxy) is 2. The number of methoxy groups -OCH3 is 2. The molecule has 0 unspecified atom stereocenters. The van der Waals surface area contributed by atoms with Crippen molar-refractivity contribution in [3.8, 4) is 0 Å². The average Bonchev–Trinajstić information content (AvgIpc) is 2.58. The van der Waals surface area contributed by atoms with Gasteiger partial charge in [-0.2, -0.15) is 0 Å². The Hall–Kier alpha value is -1.38. The topological polar surface area (TPSA) is 87.2 Å². The van der Waals surface area contributed by atoms with Crippen molar-refractivity contribution < 1.29 is 14.3 Å². The third-order valence-corrected chi connectivity index (χ3v) is 3.81. The quantitative estimate of drug-likeness (QED) is 0.286. The van der Waals surface area contributed by atoms with Crippen molar-refractivity contribution in [2.24, 2.45) is 4.99 Å². The smallest absolute Gasteiger partial charge is 0.239 e. The van der Waals surface area contributed by atoms with Gasteiger partial charge in [-0.1, -0.05) is 0 Å². The summed E-state index contributed by atoms with van der Waals surface area (Å²) in [5.41, 5.74) is 0. The lowest BCUT2D eigenvalue weighted by Crippen LogP contribution is -2.50. The summed E-state index contributed by atoms with van der Waals surface area (Å²) in [7, 11) is 5.05. The second-order valence-electron chi connectivity index (χ2n) is 5.52. The summed E-state index contributed by atoms with van der Waals surface area (Å²) in [6, 6.07) is 0.386. The maximum atomic E-state index is 11.6. The molecule has 1 aliphatic rings. The van der Waals surface area contributed by atoms with Crippen LogP contribution in [0.4, 0.5) is 0 Å². The lowest BCUT2D eigenvalue weighted by atomic mass is 10.1. The number of piperidine rings is 1. The molecule has 0 aromatic rings. The number of aliphatic imine (C=N–C) groups is 1. The second-order valence-corrected chi connectivity index (χ2v) is 5.52. The molecule has 0 radical (unpaired) electrons. The van der Waals surface area contributed by atoms with Gasteiger partial charge in [0.25, 0.3) is 0 Å². The number of carbonyl (C=O) groups is 1. The molecular formula is C15H31N5O3. The monoisotopic (exact) mass is 329 g/mol. The Bertz CT molecular complexity index is 357. The van der Waals surface area contributed by atoms with Gasteiger partial charge in [0, 0.05) is 53.5 Å². The van der Waals surface area contributed by atoms with Crippen molar-refractivity contribution in [1.82, 2.24) is 20.9 Å². The number of likely N-dealkylation sites (tertiary alicyclic amines) is 1. The van der Waals surface area contributed by atoms with Crippen LogP contribution in [-0.4, -0.2) is 90.0 Å². The summed E-state index contributed by atoms with van der Waals surface area (Å²) in [5.74, 6) is 0.599. The van der Waals surface area contributed by atoms with Crippen molar-refractivity contribution in [3.63, 3.8) is 0 Å². The number of rotatable bonds is 9. The van der Waals surface area contributed by atoms with Gasteiger partial charge in [-0.05, 0) is 12.8 Å². The Morgan fingerprint density at radius 3 is 2.48 bits per heavy atom. The van der Waals surface area contributed by atoms with Crippen LogP contribution in [0, 0.1) is 0 Å². The second kappa shape index (κ2) is 12.1. The maximum Gasteiger partial charge on any atom is 0.239 e. The molecule has 8 nitrogen and oxygen atoms in total. The van der Waals surface area contributed by atoms with Crippen LogP contribution in [0.15, 0.2) is 4.99 Å². The van der Waals surface area contributed by atoms with Gasteiger partial charge in [0.2, 0.25) is 5.91 Å². The van der Waals surface area contributed by atoms with E-state index >= 15 is 0 Å². The van der Waals surface area contributed by atoms with Crippen LogP contribution < -0.4 is 16.0 Å². The number of nitrogens with one attached hydrogen (secondary N) is 3. The van der Waals surface area contributed by atoms with Crippen molar-refractivity contribution in [2.75, 3.05) is 67.2 Å². The summed E-state index contributed by atoms with van der Waals surface area (Å²) in [6.45, 7) is 5.10. The van der Waals surface area contributed by atoms with E-state index in [0.717, 1.165) is 39.1 Å². The highest BCUT2D eigenvalue weighted by molar-refractivity contribution is 5.86. The minimum Gasteiger partial charge on any atom is -0.383 e. The van der Waals surface area contributed by atoms with Crippen molar-refractivity contribution >= 4 is 11.9 Å². The molecule has 0 spiro atoms. The van der Waals surface area contributed by atoms with E-state index in [1.54, 1.807) is 21.3 Å². The SMILES string of the molecule is CN=C(NCC(=O)NCCOC)NC1CCN(CCOC)CC1. The molecule has 0 bridgehead atoms. The lowest BCUT2D eigenvalue weighted by Gasteiger charge is -2.32. The Balaban J connectivity index is 2.20. The Kier molecular flexibility index (Phi) is 10.3. The number of hydrogen-bond donors (Lipinski definition) is 3. The third-order valence-electron chi connectivity index (χ3n) is 3.81. The molecule has 0 saturated carbocycles. The summed E-state index contributed by atoms with van der Waals surface area (Å²) in [5, 5.41) is 9.19. The zero-order chi connectivity index (χ0) is 16.9. The van der Waals surface area contributed by atoms with Crippen LogP contribution >= 0.6 is 0 Å². The Labute approximate surface area is 139 Å². The summed E-state index contributed by atoms with van der Waals surface area (Å²) < 4.78 is 10.0. The van der Waals surface area contributed by atoms with Gasteiger partial charge in [0.1, 0.15) is 0 Å². The molecule has 8 heteroatoms.